The van der Waals surface area contributed by atoms with E-state index >= 15 is 0 Å². The monoisotopic (exact) mass is 469 g/mol. The van der Waals surface area contributed by atoms with Gasteiger partial charge in [0.15, 0.2) is 0 Å². The molecule has 1 aliphatic carbocycles. The fourth-order valence-corrected chi connectivity index (χ4v) is 4.86. The molecule has 1 N–H and O–H groups in total. The summed E-state index contributed by atoms with van der Waals surface area (Å²) in [6.07, 6.45) is 3.31. The molecule has 2 aromatic rings. The minimum absolute atomic E-state index is 0. The maximum Gasteiger partial charge on any atom is 0.307 e. The maximum absolute atomic E-state index is 11.3. The number of piperidine rings is 1. The Labute approximate surface area is 193 Å². The molecular formula is C23H26Cl3NO3. The van der Waals surface area contributed by atoms with Gasteiger partial charge in [-0.15, -0.1) is 12.4 Å². The number of carboxylic acid groups (broad SMARTS) is 1. The summed E-state index contributed by atoms with van der Waals surface area (Å²) < 4.78 is 6.42. The van der Waals surface area contributed by atoms with Crippen molar-refractivity contribution in [2.24, 2.45) is 5.92 Å². The molecule has 4 rings (SSSR count). The average molecular weight is 471 g/mol. The number of rotatable bonds is 5. The van der Waals surface area contributed by atoms with E-state index in [9.17, 15) is 9.90 Å². The van der Waals surface area contributed by atoms with Crippen LogP contribution in [0, 0.1) is 5.92 Å². The molecule has 1 unspecified atom stereocenters. The van der Waals surface area contributed by atoms with E-state index in [1.165, 1.54) is 11.1 Å². The highest BCUT2D eigenvalue weighted by molar-refractivity contribution is 6.31. The topological polar surface area (TPSA) is 49.8 Å². The smallest absolute Gasteiger partial charge is 0.307 e. The maximum atomic E-state index is 11.3. The second-order valence-corrected chi connectivity index (χ2v) is 8.79. The Morgan fingerprint density at radius 3 is 2.23 bits per heavy atom. The van der Waals surface area contributed by atoms with E-state index in [-0.39, 0.29) is 24.4 Å². The summed E-state index contributed by atoms with van der Waals surface area (Å²) >= 11 is 12.5. The van der Waals surface area contributed by atoms with Gasteiger partial charge in [-0.1, -0.05) is 35.3 Å². The van der Waals surface area contributed by atoms with Crippen LogP contribution in [0.5, 0.6) is 0 Å². The largest absolute Gasteiger partial charge is 0.481 e. The van der Waals surface area contributed by atoms with Crippen molar-refractivity contribution in [2.45, 2.75) is 31.8 Å². The normalized spacial score (nSPS) is 19.3. The standard InChI is InChI=1S/C23H25Cl2NO3.ClH/c24-18-5-7-20-15(12-18)3-4-16-13-19(25)6-8-21(16)22(20)29-11-10-26-9-1-2-17(14-26)23(27)28;/h5-8,12-13,17,22H,1-4,9-11,14H2,(H,27,28);1H. The van der Waals surface area contributed by atoms with Crippen molar-refractivity contribution >= 4 is 41.6 Å². The Morgan fingerprint density at radius 2 is 1.67 bits per heavy atom. The molecule has 162 valence electrons. The Kier molecular flexibility index (Phi) is 8.05. The zero-order chi connectivity index (χ0) is 20.4. The molecule has 1 heterocycles. The van der Waals surface area contributed by atoms with Crippen molar-refractivity contribution in [3.05, 3.63) is 68.7 Å². The Bertz CT molecular complexity index is 852. The van der Waals surface area contributed by atoms with Crippen molar-refractivity contribution < 1.29 is 14.6 Å². The molecule has 2 aromatic carbocycles. The number of ether oxygens (including phenoxy) is 1. The van der Waals surface area contributed by atoms with Gasteiger partial charge in [0.2, 0.25) is 0 Å². The summed E-state index contributed by atoms with van der Waals surface area (Å²) in [5.74, 6) is -0.969. The van der Waals surface area contributed by atoms with Crippen LogP contribution in [-0.2, 0) is 22.4 Å². The predicted octanol–water partition coefficient (Wildman–Crippen LogP) is 5.42. The number of aryl methyl sites for hydroxylation is 2. The van der Waals surface area contributed by atoms with Gasteiger partial charge < -0.3 is 14.7 Å². The molecule has 2 aliphatic rings. The fraction of sp³-hybridized carbons (Fsp3) is 0.435. The zero-order valence-corrected chi connectivity index (χ0v) is 19.0. The van der Waals surface area contributed by atoms with Gasteiger partial charge in [-0.3, -0.25) is 4.79 Å². The SMILES string of the molecule is Cl.O=C(O)C1CCCN(CCOC2c3ccc(Cl)cc3CCc3cc(Cl)ccc32)C1. The number of benzene rings is 2. The van der Waals surface area contributed by atoms with Gasteiger partial charge in [0.05, 0.1) is 12.5 Å². The second kappa shape index (κ2) is 10.3. The summed E-state index contributed by atoms with van der Waals surface area (Å²) in [5.41, 5.74) is 4.72. The summed E-state index contributed by atoms with van der Waals surface area (Å²) in [4.78, 5) is 13.5. The molecule has 0 saturated carbocycles. The van der Waals surface area contributed by atoms with Crippen LogP contribution in [0.3, 0.4) is 0 Å². The van der Waals surface area contributed by atoms with Gasteiger partial charge in [0.25, 0.3) is 0 Å². The number of hydrogen-bond acceptors (Lipinski definition) is 3. The third-order valence-electron chi connectivity index (χ3n) is 5.99. The zero-order valence-electron chi connectivity index (χ0n) is 16.7. The molecule has 1 atom stereocenters. The molecule has 0 bridgehead atoms. The van der Waals surface area contributed by atoms with Crippen LogP contribution in [0.1, 0.15) is 41.2 Å². The van der Waals surface area contributed by atoms with E-state index in [4.69, 9.17) is 27.9 Å². The van der Waals surface area contributed by atoms with Crippen LogP contribution < -0.4 is 0 Å². The summed E-state index contributed by atoms with van der Waals surface area (Å²) in [5, 5.41) is 10.8. The lowest BCUT2D eigenvalue weighted by Gasteiger charge is -2.31. The lowest BCUT2D eigenvalue weighted by atomic mass is 9.97. The molecule has 1 aliphatic heterocycles. The van der Waals surface area contributed by atoms with Crippen LogP contribution in [0.4, 0.5) is 0 Å². The number of halogens is 3. The number of nitrogens with zero attached hydrogens (tertiary/aromatic N) is 1. The highest BCUT2D eigenvalue weighted by Crippen LogP contribution is 2.37. The molecular weight excluding hydrogens is 445 g/mol. The first-order valence-corrected chi connectivity index (χ1v) is 10.9. The number of fused-ring (bicyclic) bond motifs is 2. The molecule has 0 spiro atoms. The minimum atomic E-state index is -0.698. The van der Waals surface area contributed by atoms with E-state index < -0.39 is 5.97 Å². The van der Waals surface area contributed by atoms with E-state index in [1.807, 2.05) is 24.3 Å². The molecule has 30 heavy (non-hydrogen) atoms. The first-order valence-electron chi connectivity index (χ1n) is 10.1. The predicted molar refractivity (Wildman–Crippen MR) is 122 cm³/mol. The number of hydrogen-bond donors (Lipinski definition) is 1. The summed E-state index contributed by atoms with van der Waals surface area (Å²) in [6, 6.07) is 12.0. The van der Waals surface area contributed by atoms with Gasteiger partial charge in [-0.05, 0) is 78.7 Å². The van der Waals surface area contributed by atoms with Crippen molar-refractivity contribution in [1.82, 2.24) is 4.90 Å². The third-order valence-corrected chi connectivity index (χ3v) is 6.46. The van der Waals surface area contributed by atoms with Crippen LogP contribution in [0.15, 0.2) is 36.4 Å². The van der Waals surface area contributed by atoms with Crippen LogP contribution in [-0.4, -0.2) is 42.2 Å². The number of carbonyl (C=O) groups is 1. The van der Waals surface area contributed by atoms with Crippen LogP contribution >= 0.6 is 35.6 Å². The summed E-state index contributed by atoms with van der Waals surface area (Å²) in [7, 11) is 0. The number of carboxylic acids is 1. The molecule has 1 saturated heterocycles. The summed E-state index contributed by atoms with van der Waals surface area (Å²) in [6.45, 7) is 2.80. The molecule has 0 radical (unpaired) electrons. The fourth-order valence-electron chi connectivity index (χ4n) is 4.47. The molecule has 0 aromatic heterocycles. The lowest BCUT2D eigenvalue weighted by Crippen LogP contribution is -2.40. The average Bonchev–Trinajstić information content (AvgIpc) is 2.85. The highest BCUT2D eigenvalue weighted by Gasteiger charge is 2.27. The van der Waals surface area contributed by atoms with Crippen LogP contribution in [0.2, 0.25) is 10.0 Å². The molecule has 7 heteroatoms. The van der Waals surface area contributed by atoms with E-state index in [0.717, 1.165) is 59.9 Å². The lowest BCUT2D eigenvalue weighted by molar-refractivity contribution is -0.143. The molecule has 1 fully saturated rings. The first-order chi connectivity index (χ1) is 14.0. The Balaban J connectivity index is 0.00000256. The van der Waals surface area contributed by atoms with Gasteiger partial charge in [0.1, 0.15) is 6.10 Å². The second-order valence-electron chi connectivity index (χ2n) is 7.92. The number of likely N-dealkylation sites (tertiary alicyclic amines) is 1. The van der Waals surface area contributed by atoms with E-state index in [0.29, 0.717) is 13.2 Å². The van der Waals surface area contributed by atoms with Crippen molar-refractivity contribution in [3.63, 3.8) is 0 Å². The van der Waals surface area contributed by atoms with Gasteiger partial charge >= 0.3 is 5.97 Å². The van der Waals surface area contributed by atoms with E-state index in [2.05, 4.69) is 17.0 Å². The Morgan fingerprint density at radius 1 is 1.07 bits per heavy atom. The minimum Gasteiger partial charge on any atom is -0.481 e. The van der Waals surface area contributed by atoms with Crippen molar-refractivity contribution in [1.29, 1.82) is 0 Å². The van der Waals surface area contributed by atoms with Gasteiger partial charge in [0, 0.05) is 23.1 Å². The third kappa shape index (κ3) is 5.30. The van der Waals surface area contributed by atoms with Gasteiger partial charge in [-0.25, -0.2) is 0 Å². The van der Waals surface area contributed by atoms with Gasteiger partial charge in [-0.2, -0.15) is 0 Å². The van der Waals surface area contributed by atoms with E-state index in [1.54, 1.807) is 0 Å². The van der Waals surface area contributed by atoms with Crippen molar-refractivity contribution in [3.8, 4) is 0 Å². The quantitative estimate of drug-likeness (QED) is 0.634. The highest BCUT2D eigenvalue weighted by atomic mass is 35.5. The van der Waals surface area contributed by atoms with Crippen LogP contribution in [0.25, 0.3) is 0 Å². The molecule has 4 nitrogen and oxygen atoms in total. The number of aliphatic carboxylic acids is 1. The van der Waals surface area contributed by atoms with Crippen molar-refractivity contribution in [2.75, 3.05) is 26.2 Å². The Hall–Kier alpha value is -1.30. The molecule has 0 amide bonds. The first kappa shape index (κ1) is 23.4.